The Hall–Kier alpha value is -0.750. The van der Waals surface area contributed by atoms with E-state index in [1.165, 1.54) is 11.0 Å². The molecule has 96 valence electrons. The van der Waals surface area contributed by atoms with E-state index in [1.54, 1.807) is 6.07 Å². The number of hydrogen-bond donors (Lipinski definition) is 2. The first-order chi connectivity index (χ1) is 8.48. The molecule has 0 aliphatic rings. The standard InChI is InChI=1S/C11H11Cl2N3OS/c12-9-4-2-1-3-8(9)5-11(13,17)6-16-10(18)14-7-15-16/h1-4,7,17H,5-6H2,(H,14,15,18). The van der Waals surface area contributed by atoms with Crippen LogP contribution in [0.15, 0.2) is 35.7 Å². The van der Waals surface area contributed by atoms with Gasteiger partial charge in [0.15, 0.2) is 10.2 Å². The highest BCUT2D eigenvalue weighted by molar-refractivity contribution is 7.80. The first-order valence-electron chi connectivity index (χ1n) is 5.19. The second-order valence-electron chi connectivity index (χ2n) is 3.90. The van der Waals surface area contributed by atoms with Gasteiger partial charge in [-0.05, 0) is 11.6 Å². The molecule has 1 aromatic carbocycles. The van der Waals surface area contributed by atoms with Crippen molar-refractivity contribution in [3.05, 3.63) is 41.2 Å². The third kappa shape index (κ3) is 3.38. The Morgan fingerprint density at radius 3 is 2.72 bits per heavy atom. The minimum absolute atomic E-state index is 0.0820. The van der Waals surface area contributed by atoms with Crippen molar-refractivity contribution < 1.29 is 5.11 Å². The fourth-order valence-corrected chi connectivity index (χ4v) is 2.22. The lowest BCUT2D eigenvalue weighted by atomic mass is 10.1. The fourth-order valence-electron chi connectivity index (χ4n) is 1.59. The molecule has 0 radical (unpaired) electrons. The van der Waals surface area contributed by atoms with Crippen LogP contribution in [0.25, 0.3) is 0 Å². The minimum atomic E-state index is -1.49. The van der Waals surface area contributed by atoms with E-state index in [1.807, 2.05) is 18.2 Å². The molecule has 0 spiro atoms. The van der Waals surface area contributed by atoms with Gasteiger partial charge in [-0.3, -0.25) is 0 Å². The summed E-state index contributed by atoms with van der Waals surface area (Å²) in [6.45, 7) is 0.0820. The predicted octanol–water partition coefficient (Wildman–Crippen LogP) is 2.39. The van der Waals surface area contributed by atoms with Gasteiger partial charge >= 0.3 is 0 Å². The van der Waals surface area contributed by atoms with Gasteiger partial charge in [0.25, 0.3) is 0 Å². The number of thiol groups is 1. The Morgan fingerprint density at radius 1 is 1.39 bits per heavy atom. The van der Waals surface area contributed by atoms with E-state index >= 15 is 0 Å². The summed E-state index contributed by atoms with van der Waals surface area (Å²) in [7, 11) is 0. The molecule has 0 aliphatic carbocycles. The zero-order valence-electron chi connectivity index (χ0n) is 9.29. The number of nitrogens with zero attached hydrogens (tertiary/aromatic N) is 3. The van der Waals surface area contributed by atoms with Gasteiger partial charge in [0.05, 0.1) is 6.54 Å². The van der Waals surface area contributed by atoms with Crippen molar-refractivity contribution in [1.29, 1.82) is 0 Å². The molecule has 1 aromatic heterocycles. The summed E-state index contributed by atoms with van der Waals surface area (Å²) in [5.74, 6) is 0. The number of hydrogen-bond acceptors (Lipinski definition) is 4. The van der Waals surface area contributed by atoms with Crippen LogP contribution in [0.2, 0.25) is 5.02 Å². The van der Waals surface area contributed by atoms with Crippen LogP contribution in [0.4, 0.5) is 0 Å². The van der Waals surface area contributed by atoms with Gasteiger partial charge < -0.3 is 5.11 Å². The number of aromatic nitrogens is 3. The fraction of sp³-hybridized carbons (Fsp3) is 0.273. The van der Waals surface area contributed by atoms with Crippen molar-refractivity contribution in [3.8, 4) is 0 Å². The van der Waals surface area contributed by atoms with Crippen molar-refractivity contribution in [2.24, 2.45) is 0 Å². The third-order valence-corrected chi connectivity index (χ3v) is 3.37. The van der Waals surface area contributed by atoms with Gasteiger partial charge in [-0.15, -0.1) is 12.6 Å². The Balaban J connectivity index is 2.13. The highest BCUT2D eigenvalue weighted by Gasteiger charge is 2.27. The summed E-state index contributed by atoms with van der Waals surface area (Å²) in [5.41, 5.74) is 0.775. The summed E-state index contributed by atoms with van der Waals surface area (Å²) in [5, 5.41) is 13.6. The highest BCUT2D eigenvalue weighted by Crippen LogP contribution is 2.25. The van der Waals surface area contributed by atoms with Gasteiger partial charge in [-0.2, -0.15) is 5.10 Å². The Labute approximate surface area is 120 Å². The summed E-state index contributed by atoms with van der Waals surface area (Å²) in [6, 6.07) is 7.23. The van der Waals surface area contributed by atoms with E-state index in [0.717, 1.165) is 5.56 Å². The molecule has 2 aromatic rings. The number of alkyl halides is 1. The normalized spacial score (nSPS) is 14.4. The summed E-state index contributed by atoms with van der Waals surface area (Å²) < 4.78 is 1.42. The van der Waals surface area contributed by atoms with Crippen molar-refractivity contribution in [2.75, 3.05) is 0 Å². The second kappa shape index (κ2) is 5.48. The van der Waals surface area contributed by atoms with Crippen LogP contribution in [-0.4, -0.2) is 24.9 Å². The van der Waals surface area contributed by atoms with Crippen molar-refractivity contribution in [1.82, 2.24) is 14.8 Å². The Morgan fingerprint density at radius 2 is 2.11 bits per heavy atom. The van der Waals surface area contributed by atoms with Gasteiger partial charge in [-0.1, -0.05) is 41.4 Å². The molecule has 2 rings (SSSR count). The molecule has 0 aliphatic heterocycles. The minimum Gasteiger partial charge on any atom is -0.373 e. The highest BCUT2D eigenvalue weighted by atomic mass is 35.5. The monoisotopic (exact) mass is 303 g/mol. The van der Waals surface area contributed by atoms with Crippen LogP contribution in [0, 0.1) is 0 Å². The largest absolute Gasteiger partial charge is 0.373 e. The van der Waals surface area contributed by atoms with E-state index in [-0.39, 0.29) is 13.0 Å². The number of halogens is 2. The number of rotatable bonds is 4. The average Bonchev–Trinajstić information content (AvgIpc) is 2.67. The molecule has 0 amide bonds. The van der Waals surface area contributed by atoms with E-state index < -0.39 is 5.06 Å². The van der Waals surface area contributed by atoms with Crippen LogP contribution in [0.5, 0.6) is 0 Å². The lowest BCUT2D eigenvalue weighted by Gasteiger charge is -2.21. The molecule has 0 bridgehead atoms. The molecule has 0 saturated carbocycles. The van der Waals surface area contributed by atoms with E-state index in [2.05, 4.69) is 22.7 Å². The molecule has 4 nitrogen and oxygen atoms in total. The Bertz CT molecular complexity index is 545. The molecule has 1 N–H and O–H groups in total. The molecule has 1 heterocycles. The van der Waals surface area contributed by atoms with Crippen LogP contribution in [-0.2, 0) is 13.0 Å². The first kappa shape index (κ1) is 13.7. The zero-order valence-corrected chi connectivity index (χ0v) is 11.7. The summed E-state index contributed by atoms with van der Waals surface area (Å²) in [4.78, 5) is 3.85. The summed E-state index contributed by atoms with van der Waals surface area (Å²) in [6.07, 6.45) is 1.56. The predicted molar refractivity (Wildman–Crippen MR) is 73.2 cm³/mol. The number of benzene rings is 1. The quantitative estimate of drug-likeness (QED) is 0.673. The number of aliphatic hydroxyl groups is 1. The van der Waals surface area contributed by atoms with E-state index in [0.29, 0.717) is 10.2 Å². The van der Waals surface area contributed by atoms with E-state index in [4.69, 9.17) is 23.2 Å². The molecule has 0 fully saturated rings. The zero-order chi connectivity index (χ0) is 13.2. The molecule has 1 unspecified atom stereocenters. The molecule has 1 atom stereocenters. The molecule has 18 heavy (non-hydrogen) atoms. The molecule has 7 heteroatoms. The summed E-state index contributed by atoms with van der Waals surface area (Å²) >= 11 is 16.2. The molecule has 0 saturated heterocycles. The van der Waals surface area contributed by atoms with E-state index in [9.17, 15) is 5.11 Å². The van der Waals surface area contributed by atoms with Crippen molar-refractivity contribution >= 4 is 35.8 Å². The van der Waals surface area contributed by atoms with Gasteiger partial charge in [0.2, 0.25) is 0 Å². The van der Waals surface area contributed by atoms with Crippen LogP contribution in [0.3, 0.4) is 0 Å². The van der Waals surface area contributed by atoms with Gasteiger partial charge in [0, 0.05) is 11.4 Å². The second-order valence-corrected chi connectivity index (χ2v) is 5.41. The van der Waals surface area contributed by atoms with Crippen LogP contribution >= 0.6 is 35.8 Å². The molecular weight excluding hydrogens is 293 g/mol. The lowest BCUT2D eigenvalue weighted by Crippen LogP contribution is -2.31. The van der Waals surface area contributed by atoms with Gasteiger partial charge in [0.1, 0.15) is 6.33 Å². The first-order valence-corrected chi connectivity index (χ1v) is 6.40. The topological polar surface area (TPSA) is 50.9 Å². The van der Waals surface area contributed by atoms with Crippen LogP contribution in [0.1, 0.15) is 5.56 Å². The maximum Gasteiger partial charge on any atom is 0.183 e. The van der Waals surface area contributed by atoms with Crippen molar-refractivity contribution in [3.63, 3.8) is 0 Å². The smallest absolute Gasteiger partial charge is 0.183 e. The average molecular weight is 304 g/mol. The maximum absolute atomic E-state index is 10.2. The maximum atomic E-state index is 10.2. The third-order valence-electron chi connectivity index (χ3n) is 2.41. The SMILES string of the molecule is OC(Cl)(Cc1ccccc1Cl)Cn1ncnc1S. The molecular formula is C11H11Cl2N3OS. The lowest BCUT2D eigenvalue weighted by molar-refractivity contribution is 0.101. The van der Waals surface area contributed by atoms with Crippen molar-refractivity contribution in [2.45, 2.75) is 23.2 Å². The van der Waals surface area contributed by atoms with Crippen LogP contribution < -0.4 is 0 Å². The van der Waals surface area contributed by atoms with Gasteiger partial charge in [-0.25, -0.2) is 9.67 Å². The Kier molecular flexibility index (Phi) is 4.17.